The van der Waals surface area contributed by atoms with Gasteiger partial charge in [0.2, 0.25) is 0 Å². The molecule has 6 nitrogen and oxygen atoms in total. The molecule has 26 heavy (non-hydrogen) atoms. The van der Waals surface area contributed by atoms with Gasteiger partial charge in [-0.1, -0.05) is 12.1 Å². The van der Waals surface area contributed by atoms with Gasteiger partial charge in [-0.2, -0.15) is 0 Å². The number of rotatable bonds is 2. The van der Waals surface area contributed by atoms with Crippen LogP contribution in [0.3, 0.4) is 0 Å². The maximum absolute atomic E-state index is 5.86. The lowest BCUT2D eigenvalue weighted by molar-refractivity contribution is -0.169. The van der Waals surface area contributed by atoms with E-state index in [-0.39, 0.29) is 5.79 Å². The lowest BCUT2D eigenvalue weighted by Gasteiger charge is -2.38. The molecule has 2 fully saturated rings. The minimum atomic E-state index is -0.383. The van der Waals surface area contributed by atoms with Crippen molar-refractivity contribution < 1.29 is 9.47 Å². The van der Waals surface area contributed by atoms with Crippen LogP contribution in [-0.4, -0.2) is 47.0 Å². The van der Waals surface area contributed by atoms with Gasteiger partial charge < -0.3 is 14.4 Å². The number of anilines is 1. The largest absolute Gasteiger partial charge is 0.356 e. The summed E-state index contributed by atoms with van der Waals surface area (Å²) in [5.41, 5.74) is 1.88. The maximum atomic E-state index is 5.86. The van der Waals surface area contributed by atoms with E-state index in [9.17, 15) is 0 Å². The van der Waals surface area contributed by atoms with Gasteiger partial charge in [-0.15, -0.1) is 0 Å². The highest BCUT2D eigenvalue weighted by Gasteiger charge is 2.40. The Kier molecular flexibility index (Phi) is 3.80. The molecule has 4 heterocycles. The third kappa shape index (κ3) is 2.71. The normalized spacial score (nSPS) is 19.3. The van der Waals surface area contributed by atoms with E-state index in [4.69, 9.17) is 19.4 Å². The van der Waals surface area contributed by atoms with Crippen LogP contribution in [0.2, 0.25) is 0 Å². The topological polar surface area (TPSA) is 60.4 Å². The molecule has 2 saturated heterocycles. The average molecular weight is 348 g/mol. The second kappa shape index (κ2) is 6.30. The van der Waals surface area contributed by atoms with Crippen LogP contribution in [0.15, 0.2) is 48.8 Å². The molecule has 0 saturated carbocycles. The number of piperidine rings is 1. The van der Waals surface area contributed by atoms with Crippen molar-refractivity contribution in [3.8, 4) is 11.4 Å². The van der Waals surface area contributed by atoms with E-state index in [1.54, 1.807) is 12.4 Å². The molecule has 0 bridgehead atoms. The number of ether oxygens (including phenoxy) is 2. The third-order valence-corrected chi connectivity index (χ3v) is 5.14. The monoisotopic (exact) mass is 348 g/mol. The molecule has 5 rings (SSSR count). The van der Waals surface area contributed by atoms with Crippen LogP contribution in [0.1, 0.15) is 12.8 Å². The van der Waals surface area contributed by atoms with Crippen molar-refractivity contribution in [2.24, 2.45) is 0 Å². The Bertz CT molecular complexity index is 916. The highest BCUT2D eigenvalue weighted by atomic mass is 16.7. The average Bonchev–Trinajstić information content (AvgIpc) is 3.16. The molecule has 1 spiro atoms. The molecule has 0 radical (unpaired) electrons. The molecule has 2 aliphatic heterocycles. The van der Waals surface area contributed by atoms with Crippen molar-refractivity contribution in [3.63, 3.8) is 0 Å². The molecule has 6 heteroatoms. The van der Waals surface area contributed by atoms with Crippen LogP contribution in [0.5, 0.6) is 0 Å². The summed E-state index contributed by atoms with van der Waals surface area (Å²) >= 11 is 0. The van der Waals surface area contributed by atoms with Crippen LogP contribution in [0, 0.1) is 0 Å². The number of hydrogen-bond donors (Lipinski definition) is 0. The minimum absolute atomic E-state index is 0.383. The first-order valence-corrected chi connectivity index (χ1v) is 9.03. The predicted octanol–water partition coefficient (Wildman–Crippen LogP) is 3.04. The molecule has 3 aromatic rings. The number of pyridine rings is 1. The van der Waals surface area contributed by atoms with Crippen LogP contribution >= 0.6 is 0 Å². The second-order valence-electron chi connectivity index (χ2n) is 6.72. The zero-order valence-corrected chi connectivity index (χ0v) is 14.5. The summed E-state index contributed by atoms with van der Waals surface area (Å²) in [6, 6.07) is 12.1. The van der Waals surface area contributed by atoms with Crippen molar-refractivity contribution in [1.29, 1.82) is 0 Å². The number of hydrogen-bond acceptors (Lipinski definition) is 6. The summed E-state index contributed by atoms with van der Waals surface area (Å²) in [5.74, 6) is 1.30. The molecule has 0 atom stereocenters. The Balaban J connectivity index is 1.54. The minimum Gasteiger partial charge on any atom is -0.356 e. The Morgan fingerprint density at radius 1 is 0.923 bits per heavy atom. The highest BCUT2D eigenvalue weighted by Crippen LogP contribution is 2.35. The summed E-state index contributed by atoms with van der Waals surface area (Å²) in [4.78, 5) is 16.2. The zero-order chi connectivity index (χ0) is 17.4. The van der Waals surface area contributed by atoms with Gasteiger partial charge in [0.25, 0.3) is 0 Å². The number of para-hydroxylation sites is 1. The van der Waals surface area contributed by atoms with Crippen molar-refractivity contribution in [2.75, 3.05) is 31.2 Å². The fourth-order valence-electron chi connectivity index (χ4n) is 3.77. The van der Waals surface area contributed by atoms with E-state index in [0.717, 1.165) is 48.2 Å². The van der Waals surface area contributed by atoms with Crippen molar-refractivity contribution in [2.45, 2.75) is 18.6 Å². The SMILES string of the molecule is c1cncc(-c2nc(N3CCC4(CC3)OCCO4)c3ccccc3n2)c1. The van der Waals surface area contributed by atoms with Crippen LogP contribution < -0.4 is 4.90 Å². The first-order chi connectivity index (χ1) is 12.8. The highest BCUT2D eigenvalue weighted by molar-refractivity contribution is 5.91. The quantitative estimate of drug-likeness (QED) is 0.709. The van der Waals surface area contributed by atoms with Crippen LogP contribution in [0.4, 0.5) is 5.82 Å². The molecule has 1 aromatic carbocycles. The van der Waals surface area contributed by atoms with E-state index in [1.807, 2.05) is 30.3 Å². The van der Waals surface area contributed by atoms with Gasteiger partial charge in [0, 0.05) is 49.3 Å². The third-order valence-electron chi connectivity index (χ3n) is 5.14. The van der Waals surface area contributed by atoms with E-state index in [1.165, 1.54) is 0 Å². The van der Waals surface area contributed by atoms with Gasteiger partial charge in [0.1, 0.15) is 5.82 Å². The van der Waals surface area contributed by atoms with E-state index in [2.05, 4.69) is 16.0 Å². The van der Waals surface area contributed by atoms with Crippen molar-refractivity contribution >= 4 is 16.7 Å². The Morgan fingerprint density at radius 2 is 1.73 bits per heavy atom. The molecule has 0 N–H and O–H groups in total. The zero-order valence-electron chi connectivity index (χ0n) is 14.5. The molecular formula is C20H20N4O2. The number of nitrogens with zero attached hydrogens (tertiary/aromatic N) is 4. The molecule has 2 aromatic heterocycles. The fourth-order valence-corrected chi connectivity index (χ4v) is 3.77. The van der Waals surface area contributed by atoms with Gasteiger partial charge in [0.15, 0.2) is 11.6 Å². The maximum Gasteiger partial charge on any atom is 0.171 e. The second-order valence-corrected chi connectivity index (χ2v) is 6.72. The summed E-state index contributed by atoms with van der Waals surface area (Å²) in [6.45, 7) is 3.10. The van der Waals surface area contributed by atoms with Gasteiger partial charge in [-0.25, -0.2) is 9.97 Å². The Labute approximate surface area is 151 Å². The fraction of sp³-hybridized carbons (Fsp3) is 0.350. The number of benzene rings is 1. The Hall–Kier alpha value is -2.57. The standard InChI is InChI=1S/C20H20N4O2/c1-2-6-17-16(5-1)19(23-18(22-17)15-4-3-9-21-14-15)24-10-7-20(8-11-24)25-12-13-26-20/h1-6,9,14H,7-8,10-13H2. The summed E-state index contributed by atoms with van der Waals surface area (Å²) in [7, 11) is 0. The molecule has 132 valence electrons. The van der Waals surface area contributed by atoms with E-state index < -0.39 is 0 Å². The van der Waals surface area contributed by atoms with Crippen molar-refractivity contribution in [3.05, 3.63) is 48.8 Å². The van der Waals surface area contributed by atoms with Gasteiger partial charge >= 0.3 is 0 Å². The lowest BCUT2D eigenvalue weighted by Crippen LogP contribution is -2.45. The lowest BCUT2D eigenvalue weighted by atomic mass is 10.0. The number of aromatic nitrogens is 3. The molecule has 2 aliphatic rings. The van der Waals surface area contributed by atoms with Crippen LogP contribution in [-0.2, 0) is 9.47 Å². The molecular weight excluding hydrogens is 328 g/mol. The van der Waals surface area contributed by atoms with Crippen molar-refractivity contribution in [1.82, 2.24) is 15.0 Å². The smallest absolute Gasteiger partial charge is 0.171 e. The van der Waals surface area contributed by atoms with E-state index >= 15 is 0 Å². The molecule has 0 amide bonds. The van der Waals surface area contributed by atoms with Gasteiger partial charge in [-0.05, 0) is 24.3 Å². The van der Waals surface area contributed by atoms with E-state index in [0.29, 0.717) is 19.0 Å². The predicted molar refractivity (Wildman–Crippen MR) is 98.9 cm³/mol. The van der Waals surface area contributed by atoms with Gasteiger partial charge in [0.05, 0.1) is 18.7 Å². The first-order valence-electron chi connectivity index (χ1n) is 9.03. The summed E-state index contributed by atoms with van der Waals surface area (Å²) in [6.07, 6.45) is 5.28. The molecule has 0 unspecified atom stereocenters. The summed E-state index contributed by atoms with van der Waals surface area (Å²) < 4.78 is 11.7. The van der Waals surface area contributed by atoms with Gasteiger partial charge in [-0.3, -0.25) is 4.98 Å². The molecule has 0 aliphatic carbocycles. The summed E-state index contributed by atoms with van der Waals surface area (Å²) in [5, 5.41) is 1.07. The number of fused-ring (bicyclic) bond motifs is 1. The first kappa shape index (κ1) is 15.7. The Morgan fingerprint density at radius 3 is 2.50 bits per heavy atom. The van der Waals surface area contributed by atoms with Crippen LogP contribution in [0.25, 0.3) is 22.3 Å².